The number of hydrogen-bond acceptors (Lipinski definition) is 0. The molecule has 0 saturated carbocycles. The molecule has 0 aromatic carbocycles. The van der Waals surface area contributed by atoms with Crippen LogP contribution in [0.4, 0.5) is 0 Å². The zero-order valence-corrected chi connectivity index (χ0v) is 14.4. The normalized spacial score (nSPS) is 34.0. The molecule has 2 aliphatic heterocycles. The van der Waals surface area contributed by atoms with Crippen LogP contribution < -0.4 is 0 Å². The fourth-order valence-corrected chi connectivity index (χ4v) is 8.05. The van der Waals surface area contributed by atoms with Crippen LogP contribution in [-0.4, -0.2) is 25.1 Å². The third-order valence-corrected chi connectivity index (χ3v) is 7.98. The Morgan fingerprint density at radius 3 is 2.12 bits per heavy atom. The molecule has 0 amide bonds. The SMILES string of the molecule is CB1/C(=[CH]\[Sn]([CH3])([CH3])[CH3])C2CCCC1CCC2. The van der Waals surface area contributed by atoms with Crippen LogP contribution >= 0.6 is 0 Å². The summed E-state index contributed by atoms with van der Waals surface area (Å²) in [5.41, 5.74) is 1.91. The van der Waals surface area contributed by atoms with E-state index in [-0.39, 0.29) is 0 Å². The molecule has 16 heavy (non-hydrogen) atoms. The molecule has 0 aromatic heterocycles. The predicted molar refractivity (Wildman–Crippen MR) is 78.0 cm³/mol. The molecule has 0 atom stereocenters. The Bertz CT molecular complexity index is 263. The first kappa shape index (κ1) is 13.0. The number of fused-ring (bicyclic) bond motifs is 3. The van der Waals surface area contributed by atoms with Gasteiger partial charge in [-0.1, -0.05) is 0 Å². The Morgan fingerprint density at radius 1 is 1.06 bits per heavy atom. The van der Waals surface area contributed by atoms with E-state index >= 15 is 0 Å². The topological polar surface area (TPSA) is 0 Å². The van der Waals surface area contributed by atoms with Crippen molar-refractivity contribution in [2.75, 3.05) is 0 Å². The molecule has 0 nitrogen and oxygen atoms in total. The fourth-order valence-electron chi connectivity index (χ4n) is 3.77. The van der Waals surface area contributed by atoms with Crippen molar-refractivity contribution < 1.29 is 0 Å². The van der Waals surface area contributed by atoms with E-state index in [4.69, 9.17) is 0 Å². The second-order valence-corrected chi connectivity index (χ2v) is 21.4. The molecule has 0 radical (unpaired) electrons. The van der Waals surface area contributed by atoms with Gasteiger partial charge in [-0.3, -0.25) is 0 Å². The summed E-state index contributed by atoms with van der Waals surface area (Å²) in [6, 6.07) is 0. The van der Waals surface area contributed by atoms with Crippen LogP contribution in [-0.2, 0) is 0 Å². The molecule has 2 aliphatic rings. The summed E-state index contributed by atoms with van der Waals surface area (Å²) in [5, 5.41) is 0. The molecular formula is C14H27BSn. The summed E-state index contributed by atoms with van der Waals surface area (Å²) in [6.45, 7) is 3.43. The Balaban J connectivity index is 2.30. The van der Waals surface area contributed by atoms with Gasteiger partial charge in [0.2, 0.25) is 0 Å². The van der Waals surface area contributed by atoms with Crippen molar-refractivity contribution in [3.05, 3.63) is 9.56 Å². The molecule has 0 aromatic rings. The van der Waals surface area contributed by atoms with Gasteiger partial charge in [-0.05, 0) is 0 Å². The van der Waals surface area contributed by atoms with Gasteiger partial charge >= 0.3 is 107 Å². The Labute approximate surface area is 106 Å². The molecule has 2 heterocycles. The predicted octanol–water partition coefficient (Wildman–Crippen LogP) is 4.81. The van der Waals surface area contributed by atoms with Crippen molar-refractivity contribution in [1.29, 1.82) is 0 Å². The summed E-state index contributed by atoms with van der Waals surface area (Å²) in [4.78, 5) is 7.68. The van der Waals surface area contributed by atoms with E-state index in [0.29, 0.717) is 0 Å². The van der Waals surface area contributed by atoms with Crippen LogP contribution in [0.3, 0.4) is 0 Å². The van der Waals surface area contributed by atoms with Gasteiger partial charge < -0.3 is 0 Å². The molecule has 2 fully saturated rings. The number of allylic oxidation sites excluding steroid dienone is 1. The van der Waals surface area contributed by atoms with E-state index in [1.165, 1.54) is 38.5 Å². The van der Waals surface area contributed by atoms with E-state index in [2.05, 4.69) is 25.7 Å². The van der Waals surface area contributed by atoms with Gasteiger partial charge in [0.25, 0.3) is 0 Å². The van der Waals surface area contributed by atoms with Gasteiger partial charge in [0, 0.05) is 0 Å². The fraction of sp³-hybridized carbons (Fsp3) is 0.857. The van der Waals surface area contributed by atoms with E-state index in [9.17, 15) is 0 Å². The summed E-state index contributed by atoms with van der Waals surface area (Å²) in [6.07, 6.45) is 9.00. The standard InChI is InChI=1S/C11H18B.3CH3.Sn/c1-9-10-5-3-7-11(12(9)2)8-4-6-10;;;;/h1,10-11H,3-8H2,2H3;3*1H3;. The molecule has 0 N–H and O–H groups in total. The van der Waals surface area contributed by atoms with E-state index in [0.717, 1.165) is 18.4 Å². The second kappa shape index (κ2) is 5.08. The molecule has 0 aliphatic carbocycles. The molecule has 0 unspecified atom stereocenters. The first-order valence-electron chi connectivity index (χ1n) is 7.20. The second-order valence-electron chi connectivity index (χ2n) is 7.12. The maximum absolute atomic E-state index is 2.81. The van der Waals surface area contributed by atoms with E-state index in [1.54, 1.807) is 0 Å². The van der Waals surface area contributed by atoms with Crippen molar-refractivity contribution in [3.8, 4) is 0 Å². The monoisotopic (exact) mass is 326 g/mol. The minimum absolute atomic E-state index is 0.908. The number of rotatable bonds is 1. The molecule has 2 bridgehead atoms. The van der Waals surface area contributed by atoms with Crippen LogP contribution in [0, 0.1) is 5.92 Å². The summed E-state index contributed by atoms with van der Waals surface area (Å²) in [5.74, 6) is 1.99. The van der Waals surface area contributed by atoms with Crippen LogP contribution in [0.1, 0.15) is 38.5 Å². The molecule has 2 saturated heterocycles. The van der Waals surface area contributed by atoms with Gasteiger partial charge in [0.15, 0.2) is 0 Å². The van der Waals surface area contributed by atoms with Crippen LogP contribution in [0.25, 0.3) is 0 Å². The van der Waals surface area contributed by atoms with Gasteiger partial charge in [-0.2, -0.15) is 0 Å². The molecule has 2 heteroatoms. The Kier molecular flexibility index (Phi) is 4.14. The summed E-state index contributed by atoms with van der Waals surface area (Å²) < 4.78 is 2.81. The summed E-state index contributed by atoms with van der Waals surface area (Å²) in [7, 11) is 0. The summed E-state index contributed by atoms with van der Waals surface area (Å²) >= 11 is -1.74. The van der Waals surface area contributed by atoms with Gasteiger partial charge in [-0.15, -0.1) is 0 Å². The van der Waals surface area contributed by atoms with Crippen molar-refractivity contribution in [2.24, 2.45) is 5.92 Å². The zero-order chi connectivity index (χ0) is 11.8. The van der Waals surface area contributed by atoms with Gasteiger partial charge in [-0.25, -0.2) is 0 Å². The first-order chi connectivity index (χ1) is 7.47. The average molecular weight is 325 g/mol. The average Bonchev–Trinajstić information content (AvgIpc) is 2.31. The minimum atomic E-state index is -1.74. The van der Waals surface area contributed by atoms with Crippen LogP contribution in [0.15, 0.2) is 9.56 Å². The molecular weight excluding hydrogens is 298 g/mol. The maximum atomic E-state index is 2.81. The first-order valence-corrected chi connectivity index (χ1v) is 17.4. The van der Waals surface area contributed by atoms with Crippen LogP contribution in [0.5, 0.6) is 0 Å². The molecule has 0 spiro atoms. The quantitative estimate of drug-likeness (QED) is 0.607. The van der Waals surface area contributed by atoms with Crippen LogP contribution in [0.2, 0.25) is 27.5 Å². The number of hydrogen-bond donors (Lipinski definition) is 0. The Hall–Kier alpha value is 0.604. The van der Waals surface area contributed by atoms with Gasteiger partial charge in [0.05, 0.1) is 0 Å². The Morgan fingerprint density at radius 2 is 1.62 bits per heavy atom. The van der Waals surface area contributed by atoms with E-state index in [1.807, 2.05) is 5.47 Å². The zero-order valence-electron chi connectivity index (χ0n) is 11.6. The van der Waals surface area contributed by atoms with E-state index < -0.39 is 18.4 Å². The molecule has 90 valence electrons. The van der Waals surface area contributed by atoms with Crippen molar-refractivity contribution in [3.63, 3.8) is 0 Å². The van der Waals surface area contributed by atoms with Crippen molar-refractivity contribution >= 4 is 25.1 Å². The third-order valence-electron chi connectivity index (χ3n) is 4.56. The molecule has 2 rings (SSSR count). The van der Waals surface area contributed by atoms with Gasteiger partial charge in [0.1, 0.15) is 0 Å². The van der Waals surface area contributed by atoms with Crippen molar-refractivity contribution in [2.45, 2.75) is 66.0 Å². The van der Waals surface area contributed by atoms with Crippen molar-refractivity contribution in [1.82, 2.24) is 0 Å². The third kappa shape index (κ3) is 3.08.